The molecule has 1 aromatic rings. The van der Waals surface area contributed by atoms with Crippen LogP contribution in [0, 0.1) is 5.82 Å². The average Bonchev–Trinajstić information content (AvgIpc) is 3.02. The second kappa shape index (κ2) is 19.8. The highest BCUT2D eigenvalue weighted by Gasteiger charge is 2.26. The molecule has 48 heavy (non-hydrogen) atoms. The molecule has 1 saturated heterocycles. The number of nitrogens with one attached hydrogen (secondary N) is 8. The van der Waals surface area contributed by atoms with Crippen molar-refractivity contribution in [2.24, 2.45) is 5.73 Å². The molecule has 1 fully saturated rings. The quantitative estimate of drug-likeness (QED) is 0.140. The Balaban J connectivity index is 2.25. The highest BCUT2D eigenvalue weighted by atomic mass is 19.1. The highest BCUT2D eigenvalue weighted by molar-refractivity contribution is 5.95. The standard InChI is InChI=1S/C29H40FN9O9/c1-16(40)33-13-24(43)38-20-7-8-22(41)32-9-3-6-19(27(31)46)37-25(44)14-34-23(42)12-35-29(48)21(39-26(45)15-36-28(20)47)11-17-4-2-5-18(30)10-17/h2,4-5,10,19-21H,3,6-9,11-15H2,1H3,(H2,31,46)(H,32,41)(H,33,40)(H,34,42)(H,35,48)(H,36,47)(H,37,44)(H,38,43)(H,39,45). The summed E-state index contributed by atoms with van der Waals surface area (Å²) in [7, 11) is 0. The number of amides is 9. The zero-order valence-electron chi connectivity index (χ0n) is 26.2. The molecular formula is C29H40FN9O9. The third kappa shape index (κ3) is 15.1. The number of carbonyl (C=O) groups is 9. The SMILES string of the molecule is CC(=O)NCC(=O)NC1CCC(=O)NCCCC(C(N)=O)NC(=O)CNC(=O)CNC(=O)C(Cc2cccc(F)c2)NC(=O)CNC1=O. The van der Waals surface area contributed by atoms with Gasteiger partial charge in [0.1, 0.15) is 23.9 Å². The maximum absolute atomic E-state index is 13.8. The van der Waals surface area contributed by atoms with Gasteiger partial charge in [0.25, 0.3) is 0 Å². The average molecular weight is 678 g/mol. The van der Waals surface area contributed by atoms with Crippen LogP contribution in [0.3, 0.4) is 0 Å². The van der Waals surface area contributed by atoms with Gasteiger partial charge in [0, 0.05) is 26.3 Å². The fourth-order valence-corrected chi connectivity index (χ4v) is 4.32. The van der Waals surface area contributed by atoms with Crippen LogP contribution in [0.4, 0.5) is 4.39 Å². The first-order valence-electron chi connectivity index (χ1n) is 15.0. The van der Waals surface area contributed by atoms with E-state index in [1.54, 1.807) is 0 Å². The Hall–Kier alpha value is -5.62. The monoisotopic (exact) mass is 677 g/mol. The van der Waals surface area contributed by atoms with E-state index in [4.69, 9.17) is 5.73 Å². The minimum Gasteiger partial charge on any atom is -0.368 e. The summed E-state index contributed by atoms with van der Waals surface area (Å²) in [6.07, 6.45) is -0.420. The minimum absolute atomic E-state index is 0.0450. The number of carbonyl (C=O) groups excluding carboxylic acids is 9. The van der Waals surface area contributed by atoms with Gasteiger partial charge in [-0.25, -0.2) is 4.39 Å². The summed E-state index contributed by atoms with van der Waals surface area (Å²) in [6.45, 7) is -1.05. The van der Waals surface area contributed by atoms with Gasteiger partial charge in [-0.3, -0.25) is 43.2 Å². The predicted octanol–water partition coefficient (Wildman–Crippen LogP) is -4.52. The van der Waals surface area contributed by atoms with Crippen molar-refractivity contribution in [3.8, 4) is 0 Å². The molecule has 0 spiro atoms. The van der Waals surface area contributed by atoms with Crippen LogP contribution >= 0.6 is 0 Å². The molecule has 19 heteroatoms. The van der Waals surface area contributed by atoms with Crippen LogP contribution in [0.15, 0.2) is 24.3 Å². The third-order valence-corrected chi connectivity index (χ3v) is 6.75. The molecule has 1 aromatic carbocycles. The number of hydrogen-bond donors (Lipinski definition) is 9. The van der Waals surface area contributed by atoms with E-state index in [1.165, 1.54) is 25.1 Å². The van der Waals surface area contributed by atoms with E-state index in [-0.39, 0.29) is 38.6 Å². The van der Waals surface area contributed by atoms with Gasteiger partial charge in [0.2, 0.25) is 53.2 Å². The van der Waals surface area contributed by atoms with Crippen molar-refractivity contribution in [1.82, 2.24) is 42.5 Å². The summed E-state index contributed by atoms with van der Waals surface area (Å²) in [5.41, 5.74) is 5.68. The fraction of sp³-hybridized carbons (Fsp3) is 0.483. The van der Waals surface area contributed by atoms with Crippen molar-refractivity contribution in [1.29, 1.82) is 0 Å². The zero-order valence-corrected chi connectivity index (χ0v) is 26.2. The zero-order chi connectivity index (χ0) is 35.6. The Kier molecular flexibility index (Phi) is 15.9. The van der Waals surface area contributed by atoms with E-state index < -0.39 is 103 Å². The van der Waals surface area contributed by atoms with Crippen molar-refractivity contribution in [2.75, 3.05) is 32.7 Å². The van der Waals surface area contributed by atoms with Crippen LogP contribution < -0.4 is 48.3 Å². The molecule has 0 radical (unpaired) electrons. The molecule has 2 rings (SSSR count). The lowest BCUT2D eigenvalue weighted by Crippen LogP contribution is -2.54. The Labute approximate surface area is 274 Å². The first-order valence-corrected chi connectivity index (χ1v) is 15.0. The molecular weight excluding hydrogens is 637 g/mol. The van der Waals surface area contributed by atoms with E-state index in [9.17, 15) is 47.5 Å². The van der Waals surface area contributed by atoms with Crippen LogP contribution in [0.1, 0.15) is 38.2 Å². The lowest BCUT2D eigenvalue weighted by Gasteiger charge is -2.20. The van der Waals surface area contributed by atoms with E-state index in [0.717, 1.165) is 6.07 Å². The number of primary amides is 1. The Morgan fingerprint density at radius 3 is 2.21 bits per heavy atom. The number of benzene rings is 1. The van der Waals surface area contributed by atoms with Gasteiger partial charge in [-0.1, -0.05) is 12.1 Å². The van der Waals surface area contributed by atoms with Gasteiger partial charge in [-0.15, -0.1) is 0 Å². The van der Waals surface area contributed by atoms with Crippen molar-refractivity contribution < 1.29 is 47.5 Å². The second-order valence-corrected chi connectivity index (χ2v) is 10.7. The molecule has 3 atom stereocenters. The summed E-state index contributed by atoms with van der Waals surface area (Å²) in [5.74, 6) is -7.31. The molecule has 0 bridgehead atoms. The van der Waals surface area contributed by atoms with Gasteiger partial charge in [-0.05, 0) is 37.0 Å². The highest BCUT2D eigenvalue weighted by Crippen LogP contribution is 2.07. The molecule has 0 aromatic heterocycles. The maximum Gasteiger partial charge on any atom is 0.243 e. The van der Waals surface area contributed by atoms with Crippen molar-refractivity contribution in [2.45, 2.75) is 57.2 Å². The van der Waals surface area contributed by atoms with Crippen molar-refractivity contribution >= 4 is 53.2 Å². The molecule has 1 aliphatic rings. The van der Waals surface area contributed by atoms with Crippen LogP contribution in [0.25, 0.3) is 0 Å². The predicted molar refractivity (Wildman–Crippen MR) is 164 cm³/mol. The van der Waals surface area contributed by atoms with Crippen LogP contribution in [-0.2, 0) is 49.6 Å². The van der Waals surface area contributed by atoms with Gasteiger partial charge >= 0.3 is 0 Å². The summed E-state index contributed by atoms with van der Waals surface area (Å²) in [5, 5.41) is 18.9. The fourth-order valence-electron chi connectivity index (χ4n) is 4.32. The molecule has 0 aliphatic carbocycles. The number of hydrogen-bond acceptors (Lipinski definition) is 9. The molecule has 1 aliphatic heterocycles. The lowest BCUT2D eigenvalue weighted by atomic mass is 10.0. The van der Waals surface area contributed by atoms with Crippen molar-refractivity contribution in [3.63, 3.8) is 0 Å². The Morgan fingerprint density at radius 1 is 0.854 bits per heavy atom. The molecule has 3 unspecified atom stereocenters. The van der Waals surface area contributed by atoms with Crippen molar-refractivity contribution in [3.05, 3.63) is 35.6 Å². The van der Waals surface area contributed by atoms with Gasteiger partial charge in [0.05, 0.1) is 26.2 Å². The summed E-state index contributed by atoms with van der Waals surface area (Å²) >= 11 is 0. The molecule has 1 heterocycles. The number of nitrogens with two attached hydrogens (primary N) is 1. The maximum atomic E-state index is 13.8. The summed E-state index contributed by atoms with van der Waals surface area (Å²) in [4.78, 5) is 111. The second-order valence-electron chi connectivity index (χ2n) is 10.7. The summed E-state index contributed by atoms with van der Waals surface area (Å²) in [6, 6.07) is 1.44. The number of halogens is 1. The van der Waals surface area contributed by atoms with Gasteiger partial charge < -0.3 is 48.3 Å². The molecule has 18 nitrogen and oxygen atoms in total. The van der Waals surface area contributed by atoms with Crippen LogP contribution in [0.5, 0.6) is 0 Å². The lowest BCUT2D eigenvalue weighted by molar-refractivity contribution is -0.132. The molecule has 262 valence electrons. The van der Waals surface area contributed by atoms with E-state index >= 15 is 0 Å². The minimum atomic E-state index is -1.35. The first-order chi connectivity index (χ1) is 22.7. The van der Waals surface area contributed by atoms with Crippen LogP contribution in [-0.4, -0.2) is 104 Å². The van der Waals surface area contributed by atoms with E-state index in [1.807, 2.05) is 0 Å². The normalized spacial score (nSPS) is 21.2. The van der Waals surface area contributed by atoms with E-state index in [0.29, 0.717) is 5.56 Å². The molecule has 9 amide bonds. The number of rotatable bonds is 6. The summed E-state index contributed by atoms with van der Waals surface area (Å²) < 4.78 is 13.8. The van der Waals surface area contributed by atoms with E-state index in [2.05, 4.69) is 42.5 Å². The smallest absolute Gasteiger partial charge is 0.243 e. The van der Waals surface area contributed by atoms with Gasteiger partial charge in [0.15, 0.2) is 0 Å². The molecule has 10 N–H and O–H groups in total. The first kappa shape index (κ1) is 38.6. The Morgan fingerprint density at radius 2 is 1.52 bits per heavy atom. The Bertz CT molecular complexity index is 1390. The largest absolute Gasteiger partial charge is 0.368 e. The van der Waals surface area contributed by atoms with Crippen LogP contribution in [0.2, 0.25) is 0 Å². The van der Waals surface area contributed by atoms with Gasteiger partial charge in [-0.2, -0.15) is 0 Å². The molecule has 0 saturated carbocycles. The topological polar surface area (TPSA) is 276 Å². The third-order valence-electron chi connectivity index (χ3n) is 6.75.